The zero-order valence-corrected chi connectivity index (χ0v) is 15.2. The summed E-state index contributed by atoms with van der Waals surface area (Å²) in [6.07, 6.45) is 0. The second-order valence-electron chi connectivity index (χ2n) is 5.42. The van der Waals surface area contributed by atoms with Crippen LogP contribution in [0, 0.1) is 6.92 Å². The Kier molecular flexibility index (Phi) is 4.37. The molecule has 0 radical (unpaired) electrons. The summed E-state index contributed by atoms with van der Waals surface area (Å²) in [6, 6.07) is 11.9. The van der Waals surface area contributed by atoms with Gasteiger partial charge in [0.25, 0.3) is 11.1 Å². The molecule has 0 aliphatic heterocycles. The van der Waals surface area contributed by atoms with Crippen molar-refractivity contribution >= 4 is 23.1 Å². The molecule has 3 heterocycles. The third-order valence-corrected chi connectivity index (χ3v) is 5.28. The van der Waals surface area contributed by atoms with Crippen LogP contribution < -0.4 is 0 Å². The average Bonchev–Trinajstić information content (AvgIpc) is 3.36. The first-order chi connectivity index (χ1) is 12.2. The highest BCUT2D eigenvalue weighted by Gasteiger charge is 2.20. The van der Waals surface area contributed by atoms with E-state index in [-0.39, 0.29) is 5.25 Å². The lowest BCUT2D eigenvalue weighted by atomic mass is 10.1. The fourth-order valence-electron chi connectivity index (χ4n) is 2.17. The van der Waals surface area contributed by atoms with Gasteiger partial charge in [-0.05, 0) is 37.4 Å². The van der Waals surface area contributed by atoms with Gasteiger partial charge in [-0.2, -0.15) is 0 Å². The Morgan fingerprint density at radius 2 is 1.76 bits per heavy atom. The molecule has 0 aliphatic rings. The molecule has 4 rings (SSSR count). The average molecular weight is 370 g/mol. The van der Waals surface area contributed by atoms with Crippen LogP contribution in [-0.2, 0) is 0 Å². The van der Waals surface area contributed by atoms with Gasteiger partial charge >= 0.3 is 0 Å². The predicted octanol–water partition coefficient (Wildman–Crippen LogP) is 5.01. The van der Waals surface area contributed by atoms with Gasteiger partial charge in [-0.25, -0.2) is 0 Å². The van der Waals surface area contributed by atoms with Gasteiger partial charge in [-0.3, -0.25) is 0 Å². The lowest BCUT2D eigenvalue weighted by Gasteiger charge is -2.01. The van der Waals surface area contributed by atoms with Crippen molar-refractivity contribution in [3.05, 3.63) is 53.2 Å². The molecule has 0 amide bonds. The Bertz CT molecular complexity index is 961. The lowest BCUT2D eigenvalue weighted by molar-refractivity contribution is 0.461. The zero-order chi connectivity index (χ0) is 17.2. The summed E-state index contributed by atoms with van der Waals surface area (Å²) in [5, 5.41) is 18.8. The number of thiophene rings is 1. The van der Waals surface area contributed by atoms with Crippen molar-refractivity contribution in [1.29, 1.82) is 0 Å². The summed E-state index contributed by atoms with van der Waals surface area (Å²) in [5.41, 5.74) is 2.08. The van der Waals surface area contributed by atoms with Crippen molar-refractivity contribution in [2.45, 2.75) is 24.3 Å². The van der Waals surface area contributed by atoms with Gasteiger partial charge < -0.3 is 8.83 Å². The molecule has 126 valence electrons. The van der Waals surface area contributed by atoms with Crippen LogP contribution in [0.1, 0.15) is 23.6 Å². The van der Waals surface area contributed by atoms with E-state index in [2.05, 4.69) is 20.4 Å². The SMILES string of the molecule is Cc1ccc(-c2nnc(S[C@@H](C)c3nnc(-c4cccs4)o3)o2)cc1. The Morgan fingerprint density at radius 1 is 0.960 bits per heavy atom. The summed E-state index contributed by atoms with van der Waals surface area (Å²) in [6.45, 7) is 4.00. The van der Waals surface area contributed by atoms with Crippen LogP contribution >= 0.6 is 23.1 Å². The third kappa shape index (κ3) is 3.49. The van der Waals surface area contributed by atoms with Gasteiger partial charge in [0.05, 0.1) is 10.1 Å². The first kappa shape index (κ1) is 16.0. The van der Waals surface area contributed by atoms with Crippen LogP contribution in [0.25, 0.3) is 22.2 Å². The first-order valence-corrected chi connectivity index (χ1v) is 9.39. The molecule has 3 aromatic heterocycles. The van der Waals surface area contributed by atoms with Gasteiger partial charge in [-0.15, -0.1) is 31.7 Å². The minimum Gasteiger partial charge on any atom is -0.419 e. The van der Waals surface area contributed by atoms with Crippen molar-refractivity contribution in [2.75, 3.05) is 0 Å². The first-order valence-electron chi connectivity index (χ1n) is 7.63. The molecule has 0 saturated heterocycles. The molecule has 0 saturated carbocycles. The second kappa shape index (κ2) is 6.81. The van der Waals surface area contributed by atoms with Crippen molar-refractivity contribution < 1.29 is 8.83 Å². The summed E-state index contributed by atoms with van der Waals surface area (Å²) in [5.74, 6) is 1.56. The summed E-state index contributed by atoms with van der Waals surface area (Å²) in [7, 11) is 0. The molecule has 0 bridgehead atoms. The molecule has 1 atom stereocenters. The van der Waals surface area contributed by atoms with Gasteiger partial charge in [0.1, 0.15) is 0 Å². The molecule has 25 heavy (non-hydrogen) atoms. The Balaban J connectivity index is 1.48. The topological polar surface area (TPSA) is 77.8 Å². The third-order valence-electron chi connectivity index (χ3n) is 3.50. The Hall–Kier alpha value is -2.45. The van der Waals surface area contributed by atoms with E-state index in [1.54, 1.807) is 11.3 Å². The van der Waals surface area contributed by atoms with Crippen molar-refractivity contribution in [1.82, 2.24) is 20.4 Å². The van der Waals surface area contributed by atoms with Crippen LogP contribution in [-0.4, -0.2) is 20.4 Å². The van der Waals surface area contributed by atoms with Gasteiger partial charge in [0, 0.05) is 5.56 Å². The largest absolute Gasteiger partial charge is 0.419 e. The number of benzene rings is 1. The number of rotatable bonds is 5. The smallest absolute Gasteiger partial charge is 0.277 e. The molecular formula is C17H14N4O2S2. The molecule has 0 N–H and O–H groups in total. The maximum absolute atomic E-state index is 5.74. The van der Waals surface area contributed by atoms with E-state index < -0.39 is 0 Å². The lowest BCUT2D eigenvalue weighted by Crippen LogP contribution is -1.88. The van der Waals surface area contributed by atoms with E-state index in [9.17, 15) is 0 Å². The number of hydrogen-bond donors (Lipinski definition) is 0. The van der Waals surface area contributed by atoms with Crippen LogP contribution in [0.2, 0.25) is 0 Å². The minimum atomic E-state index is -0.0902. The highest BCUT2D eigenvalue weighted by atomic mass is 32.2. The zero-order valence-electron chi connectivity index (χ0n) is 13.5. The molecule has 4 aromatic rings. The summed E-state index contributed by atoms with van der Waals surface area (Å²) < 4.78 is 11.5. The van der Waals surface area contributed by atoms with E-state index in [0.29, 0.717) is 22.9 Å². The van der Waals surface area contributed by atoms with Crippen molar-refractivity contribution in [3.63, 3.8) is 0 Å². The van der Waals surface area contributed by atoms with Crippen LogP contribution in [0.4, 0.5) is 0 Å². The number of aromatic nitrogens is 4. The Morgan fingerprint density at radius 3 is 2.52 bits per heavy atom. The maximum Gasteiger partial charge on any atom is 0.277 e. The van der Waals surface area contributed by atoms with Gasteiger partial charge in [0.2, 0.25) is 11.8 Å². The number of nitrogens with zero attached hydrogens (tertiary/aromatic N) is 4. The van der Waals surface area contributed by atoms with E-state index in [1.807, 2.05) is 55.6 Å². The highest BCUT2D eigenvalue weighted by molar-refractivity contribution is 7.99. The van der Waals surface area contributed by atoms with Gasteiger partial charge in [-0.1, -0.05) is 35.5 Å². The monoisotopic (exact) mass is 370 g/mol. The number of thioether (sulfide) groups is 1. The molecular weight excluding hydrogens is 356 g/mol. The van der Waals surface area contributed by atoms with Crippen molar-refractivity contribution in [2.24, 2.45) is 0 Å². The van der Waals surface area contributed by atoms with Crippen LogP contribution in [0.3, 0.4) is 0 Å². The van der Waals surface area contributed by atoms with E-state index in [0.717, 1.165) is 10.4 Å². The molecule has 8 heteroatoms. The molecule has 6 nitrogen and oxygen atoms in total. The number of hydrogen-bond acceptors (Lipinski definition) is 8. The molecule has 1 aromatic carbocycles. The predicted molar refractivity (Wildman–Crippen MR) is 96.4 cm³/mol. The number of aryl methyl sites for hydroxylation is 1. The quantitative estimate of drug-likeness (QED) is 0.457. The molecule has 0 spiro atoms. The van der Waals surface area contributed by atoms with E-state index in [4.69, 9.17) is 8.83 Å². The van der Waals surface area contributed by atoms with E-state index in [1.165, 1.54) is 17.3 Å². The summed E-state index contributed by atoms with van der Waals surface area (Å²) >= 11 is 2.96. The molecule has 0 fully saturated rings. The maximum atomic E-state index is 5.74. The van der Waals surface area contributed by atoms with Crippen LogP contribution in [0.5, 0.6) is 0 Å². The summed E-state index contributed by atoms with van der Waals surface area (Å²) in [4.78, 5) is 0.954. The van der Waals surface area contributed by atoms with Gasteiger partial charge in [0.15, 0.2) is 0 Å². The molecule has 0 aliphatic carbocycles. The van der Waals surface area contributed by atoms with Crippen LogP contribution in [0.15, 0.2) is 55.8 Å². The second-order valence-corrected chi connectivity index (χ2v) is 7.66. The Labute approximate surface area is 152 Å². The standard InChI is InChI=1S/C17H14N4O2S2/c1-10-5-7-12(8-6-10)15-19-21-17(23-15)25-11(2)14-18-20-16(22-14)13-4-3-9-24-13/h3-9,11H,1-2H3/t11-/m0/s1. The highest BCUT2D eigenvalue weighted by Crippen LogP contribution is 2.36. The normalized spacial score (nSPS) is 12.4. The van der Waals surface area contributed by atoms with E-state index >= 15 is 0 Å². The molecule has 0 unspecified atom stereocenters. The minimum absolute atomic E-state index is 0.0902. The fraction of sp³-hybridized carbons (Fsp3) is 0.176. The van der Waals surface area contributed by atoms with Crippen molar-refractivity contribution in [3.8, 4) is 22.2 Å². The fourth-order valence-corrected chi connectivity index (χ4v) is 3.53.